The number of epoxide rings is 1. The molecule has 4 aliphatic rings. The Kier molecular flexibility index (Phi) is 10.9. The van der Waals surface area contributed by atoms with Crippen molar-refractivity contribution in [2.75, 3.05) is 19.8 Å². The van der Waals surface area contributed by atoms with Crippen LogP contribution in [0.2, 0.25) is 0 Å². The monoisotopic (exact) mass is 574 g/mol. The second-order valence-electron chi connectivity index (χ2n) is 13.7. The molecule has 8 nitrogen and oxygen atoms in total. The number of allylic oxidation sites excluding steroid dienone is 1. The molecule has 0 spiro atoms. The highest BCUT2D eigenvalue weighted by Gasteiger charge is 2.87. The van der Waals surface area contributed by atoms with Gasteiger partial charge in [-0.15, -0.1) is 0 Å². The smallest absolute Gasteiger partial charge is 0.349 e. The molecule has 4 fully saturated rings. The molecule has 0 radical (unpaired) electrons. The molecule has 2 saturated carbocycles. The van der Waals surface area contributed by atoms with E-state index in [1.807, 2.05) is 6.92 Å². The van der Waals surface area contributed by atoms with Gasteiger partial charge in [-0.3, -0.25) is 9.59 Å². The number of ether oxygens (including phenoxy) is 2. The first-order valence-electron chi connectivity index (χ1n) is 16.3. The number of fused-ring (bicyclic) bond motifs is 2. The molecule has 0 aromatic heterocycles. The van der Waals surface area contributed by atoms with Crippen molar-refractivity contribution < 1.29 is 29.0 Å². The summed E-state index contributed by atoms with van der Waals surface area (Å²) in [4.78, 5) is 42.4. The number of rotatable bonds is 14. The molecule has 4 N–H and O–H groups in total. The maximum absolute atomic E-state index is 14.4. The molecule has 0 bridgehead atoms. The zero-order valence-electron chi connectivity index (χ0n) is 25.8. The summed E-state index contributed by atoms with van der Waals surface area (Å²) >= 11 is 0. The zero-order chi connectivity index (χ0) is 29.8. The number of aliphatic hydroxyl groups excluding tert-OH is 1. The first kappa shape index (κ1) is 32.3. The van der Waals surface area contributed by atoms with Crippen LogP contribution in [0.4, 0.5) is 0 Å². The maximum atomic E-state index is 14.4. The molecule has 7 unspecified atom stereocenters. The minimum Gasteiger partial charge on any atom is -0.463 e. The molecule has 41 heavy (non-hydrogen) atoms. The summed E-state index contributed by atoms with van der Waals surface area (Å²) in [5, 5.41) is 13.7. The van der Waals surface area contributed by atoms with Gasteiger partial charge in [-0.2, -0.15) is 0 Å². The van der Waals surface area contributed by atoms with E-state index >= 15 is 0 Å². The number of unbranched alkanes of at least 4 members (excludes halogenated alkanes) is 3. The number of hydrogen-bond donors (Lipinski definition) is 3. The number of esters is 1. The molecular formula is C33H54N2O6. The van der Waals surface area contributed by atoms with Crippen molar-refractivity contribution in [3.05, 3.63) is 11.1 Å². The van der Waals surface area contributed by atoms with E-state index in [1.54, 1.807) is 0 Å². The predicted octanol–water partition coefficient (Wildman–Crippen LogP) is 4.61. The predicted molar refractivity (Wildman–Crippen MR) is 158 cm³/mol. The van der Waals surface area contributed by atoms with Gasteiger partial charge >= 0.3 is 5.97 Å². The van der Waals surface area contributed by atoms with Gasteiger partial charge in [0.2, 0.25) is 0 Å². The summed E-state index contributed by atoms with van der Waals surface area (Å²) in [5.41, 5.74) is 4.32. The molecule has 7 atom stereocenters. The van der Waals surface area contributed by atoms with E-state index in [0.717, 1.165) is 76.3 Å². The highest BCUT2D eigenvalue weighted by atomic mass is 16.7. The largest absolute Gasteiger partial charge is 0.463 e. The summed E-state index contributed by atoms with van der Waals surface area (Å²) in [7, 11) is 0. The molecular weight excluding hydrogens is 520 g/mol. The molecule has 8 heteroatoms. The second kappa shape index (κ2) is 13.8. The number of piperidine rings is 1. The Hall–Kier alpha value is -1.61. The number of carbonyl (C=O) groups is 3. The average Bonchev–Trinajstić information content (AvgIpc) is 3.64. The van der Waals surface area contributed by atoms with Crippen molar-refractivity contribution in [2.24, 2.45) is 35.3 Å². The second-order valence-corrected chi connectivity index (χ2v) is 13.7. The topological polar surface area (TPSA) is 131 Å². The first-order valence-corrected chi connectivity index (χ1v) is 16.3. The van der Waals surface area contributed by atoms with E-state index in [-0.39, 0.29) is 43.3 Å². The third-order valence-corrected chi connectivity index (χ3v) is 10.3. The van der Waals surface area contributed by atoms with Gasteiger partial charge in [0, 0.05) is 18.3 Å². The van der Waals surface area contributed by atoms with Crippen LogP contribution in [-0.2, 0) is 23.9 Å². The summed E-state index contributed by atoms with van der Waals surface area (Å²) in [6.45, 7) is 9.25. The van der Waals surface area contributed by atoms with Gasteiger partial charge in [0.1, 0.15) is 0 Å². The number of aliphatic hydroxyl groups is 1. The lowest BCUT2D eigenvalue weighted by Crippen LogP contribution is -2.60. The van der Waals surface area contributed by atoms with Gasteiger partial charge in [0.25, 0.3) is 5.60 Å². The van der Waals surface area contributed by atoms with Crippen molar-refractivity contribution >= 4 is 17.5 Å². The SMILES string of the molecule is CCCCCCOC(=O)C12OC1(CC(CO)=C(C)CCC1CCNC(N)C1)C(=O)C1CCCC(CC(C)C)C1C2=O. The highest BCUT2D eigenvalue weighted by Crippen LogP contribution is 2.63. The fourth-order valence-corrected chi connectivity index (χ4v) is 7.98. The Balaban J connectivity index is 1.59. The highest BCUT2D eigenvalue weighted by molar-refractivity contribution is 6.23. The van der Waals surface area contributed by atoms with Gasteiger partial charge in [0.15, 0.2) is 17.2 Å². The molecule has 0 aromatic carbocycles. The number of hydrogen-bond acceptors (Lipinski definition) is 8. The van der Waals surface area contributed by atoms with Crippen molar-refractivity contribution in [3.63, 3.8) is 0 Å². The van der Waals surface area contributed by atoms with Crippen LogP contribution in [-0.4, -0.2) is 59.8 Å². The summed E-state index contributed by atoms with van der Waals surface area (Å²) in [6.07, 6.45) is 10.8. The molecule has 2 aliphatic carbocycles. The van der Waals surface area contributed by atoms with Gasteiger partial charge in [-0.1, -0.05) is 52.0 Å². The van der Waals surface area contributed by atoms with E-state index in [1.165, 1.54) is 0 Å². The number of nitrogens with two attached hydrogens (primary N) is 1. The number of carbonyl (C=O) groups excluding carboxylic acids is 3. The lowest BCUT2D eigenvalue weighted by atomic mass is 9.56. The first-order chi connectivity index (χ1) is 19.6. The molecule has 0 aromatic rings. The van der Waals surface area contributed by atoms with E-state index in [9.17, 15) is 19.5 Å². The van der Waals surface area contributed by atoms with Gasteiger partial charge in [-0.25, -0.2) is 4.79 Å². The minimum atomic E-state index is -1.88. The van der Waals surface area contributed by atoms with Crippen LogP contribution < -0.4 is 11.1 Å². The van der Waals surface area contributed by atoms with Crippen molar-refractivity contribution in [1.82, 2.24) is 5.32 Å². The summed E-state index contributed by atoms with van der Waals surface area (Å²) < 4.78 is 11.9. The van der Waals surface area contributed by atoms with Crippen molar-refractivity contribution in [3.8, 4) is 0 Å². The third-order valence-electron chi connectivity index (χ3n) is 10.3. The van der Waals surface area contributed by atoms with Gasteiger partial charge < -0.3 is 25.6 Å². The Bertz CT molecular complexity index is 994. The number of Topliss-reactive ketones (excluding diaryl/α,β-unsaturated/α-hetero) is 2. The average molecular weight is 575 g/mol. The van der Waals surface area contributed by atoms with Crippen LogP contribution in [0.3, 0.4) is 0 Å². The summed E-state index contributed by atoms with van der Waals surface area (Å²) in [5.74, 6) is -1.11. The molecule has 232 valence electrons. The Morgan fingerprint density at radius 1 is 1.17 bits per heavy atom. The van der Waals surface area contributed by atoms with Gasteiger partial charge in [0.05, 0.1) is 19.4 Å². The third kappa shape index (κ3) is 6.51. The lowest BCUT2D eigenvalue weighted by molar-refractivity contribution is -0.160. The number of ketones is 2. The van der Waals surface area contributed by atoms with E-state index < -0.39 is 29.0 Å². The molecule has 2 heterocycles. The van der Waals surface area contributed by atoms with E-state index in [0.29, 0.717) is 30.3 Å². The van der Waals surface area contributed by atoms with Crippen LogP contribution >= 0.6 is 0 Å². The standard InChI is InChI=1S/C33H54N2O6/c1-5-6-7-8-16-40-31(39)33-30(38)28-24(17-21(2)3)10-9-11-26(28)29(37)32(33,41-33)19-25(20-36)22(4)12-13-23-14-15-35-27(34)18-23/h21,23-24,26-28,35-36H,5-20,34H2,1-4H3. The molecule has 4 rings (SSSR count). The number of nitrogens with one attached hydrogen (secondary N) is 1. The Morgan fingerprint density at radius 2 is 1.95 bits per heavy atom. The zero-order valence-corrected chi connectivity index (χ0v) is 25.8. The van der Waals surface area contributed by atoms with Crippen LogP contribution in [0, 0.1) is 29.6 Å². The summed E-state index contributed by atoms with van der Waals surface area (Å²) in [6, 6.07) is 0. The van der Waals surface area contributed by atoms with Crippen molar-refractivity contribution in [2.45, 2.75) is 129 Å². The fraction of sp³-hybridized carbons (Fsp3) is 0.848. The molecule has 2 aliphatic heterocycles. The molecule has 0 amide bonds. The van der Waals surface area contributed by atoms with E-state index in [2.05, 4.69) is 26.1 Å². The van der Waals surface area contributed by atoms with Crippen LogP contribution in [0.25, 0.3) is 0 Å². The lowest BCUT2D eigenvalue weighted by Gasteiger charge is -2.42. The van der Waals surface area contributed by atoms with Crippen LogP contribution in [0.15, 0.2) is 11.1 Å². The van der Waals surface area contributed by atoms with Crippen molar-refractivity contribution in [1.29, 1.82) is 0 Å². The van der Waals surface area contributed by atoms with Crippen LogP contribution in [0.1, 0.15) is 111 Å². The Labute approximate surface area is 246 Å². The Morgan fingerprint density at radius 3 is 2.63 bits per heavy atom. The quantitative estimate of drug-likeness (QED) is 0.0901. The molecule has 2 saturated heterocycles. The van der Waals surface area contributed by atoms with E-state index in [4.69, 9.17) is 15.2 Å². The minimum absolute atomic E-state index is 0.0107. The van der Waals surface area contributed by atoms with Crippen LogP contribution in [0.5, 0.6) is 0 Å². The van der Waals surface area contributed by atoms with Gasteiger partial charge in [-0.05, 0) is 88.2 Å². The normalized spacial score (nSPS) is 35.5. The maximum Gasteiger partial charge on any atom is 0.349 e. The fourth-order valence-electron chi connectivity index (χ4n) is 7.98.